The SMILES string of the molecule is CNOC.CON(C)C(=O)c1cc(C)cc(Br)c1.Cc1cc(Br)cc(C(=O)O)c1.Cl.O=C=O.O=C=O. The number of aromatic carboxylic acids is 1. The molecule has 200 valence electrons. The van der Waals surface area contributed by atoms with Crippen LogP contribution in [0.1, 0.15) is 31.8 Å². The van der Waals surface area contributed by atoms with Gasteiger partial charge in [0.25, 0.3) is 5.91 Å². The zero-order valence-corrected chi connectivity index (χ0v) is 24.3. The molecule has 1 amide bonds. The maximum Gasteiger partial charge on any atom is 0.373 e. The summed E-state index contributed by atoms with van der Waals surface area (Å²) in [5.74, 6) is -1.05. The highest BCUT2D eigenvalue weighted by Gasteiger charge is 2.11. The van der Waals surface area contributed by atoms with Crippen molar-refractivity contribution in [2.75, 3.05) is 28.3 Å². The number of carbonyl (C=O) groups is 2. The van der Waals surface area contributed by atoms with Crippen LogP contribution in [-0.4, -0.2) is 62.7 Å². The second-order valence-electron chi connectivity index (χ2n) is 5.90. The molecule has 0 spiro atoms. The predicted octanol–water partition coefficient (Wildman–Crippen LogP) is 3.87. The minimum atomic E-state index is -0.894. The Hall–Kier alpha value is -2.73. The zero-order valence-electron chi connectivity index (χ0n) is 20.3. The second-order valence-corrected chi connectivity index (χ2v) is 7.73. The van der Waals surface area contributed by atoms with Crippen molar-refractivity contribution in [3.8, 4) is 0 Å². The molecule has 0 aliphatic rings. The maximum absolute atomic E-state index is 11.7. The van der Waals surface area contributed by atoms with Crippen molar-refractivity contribution in [3.05, 3.63) is 67.6 Å². The summed E-state index contributed by atoms with van der Waals surface area (Å²) in [4.78, 5) is 63.8. The van der Waals surface area contributed by atoms with Crippen LogP contribution in [-0.2, 0) is 28.9 Å². The molecule has 2 rings (SSSR count). The summed E-state index contributed by atoms with van der Waals surface area (Å²) in [7, 11) is 6.32. The number of halogens is 3. The molecule has 0 aromatic heterocycles. The number of aryl methyl sites for hydroxylation is 2. The quantitative estimate of drug-likeness (QED) is 0.463. The van der Waals surface area contributed by atoms with Gasteiger partial charge in [-0.25, -0.2) is 15.3 Å². The molecular weight excluding hydrogens is 632 g/mol. The van der Waals surface area contributed by atoms with Crippen molar-refractivity contribution < 1.29 is 43.5 Å². The van der Waals surface area contributed by atoms with Gasteiger partial charge in [0.1, 0.15) is 0 Å². The number of carbonyl (C=O) groups excluding carboxylic acids is 5. The van der Waals surface area contributed by atoms with E-state index in [1.54, 1.807) is 39.4 Å². The Balaban J connectivity index is -0.000000207. The summed E-state index contributed by atoms with van der Waals surface area (Å²) in [6, 6.07) is 10.6. The fourth-order valence-electron chi connectivity index (χ4n) is 1.98. The van der Waals surface area contributed by atoms with E-state index in [0.717, 1.165) is 20.1 Å². The third-order valence-corrected chi connectivity index (χ3v) is 4.26. The lowest BCUT2D eigenvalue weighted by Crippen LogP contribution is -2.25. The number of rotatable bonds is 4. The van der Waals surface area contributed by atoms with Crippen molar-refractivity contribution in [1.82, 2.24) is 10.5 Å². The van der Waals surface area contributed by atoms with Gasteiger partial charge < -0.3 is 9.94 Å². The first kappa shape index (κ1) is 40.4. The Labute approximate surface area is 231 Å². The number of carboxylic acids is 1. The van der Waals surface area contributed by atoms with E-state index >= 15 is 0 Å². The number of amides is 1. The third-order valence-electron chi connectivity index (χ3n) is 3.34. The van der Waals surface area contributed by atoms with Crippen LogP contribution in [0.4, 0.5) is 0 Å². The lowest BCUT2D eigenvalue weighted by Gasteiger charge is -2.13. The fourth-order valence-corrected chi connectivity index (χ4v) is 3.20. The first-order valence-electron chi connectivity index (χ1n) is 9.16. The first-order chi connectivity index (χ1) is 16.4. The molecule has 14 heteroatoms. The minimum absolute atomic E-state index is 0. The zero-order chi connectivity index (χ0) is 28.0. The van der Waals surface area contributed by atoms with Crippen molar-refractivity contribution >= 4 is 68.4 Å². The highest BCUT2D eigenvalue weighted by Crippen LogP contribution is 2.16. The molecule has 2 aromatic carbocycles. The van der Waals surface area contributed by atoms with E-state index in [-0.39, 0.29) is 30.6 Å². The van der Waals surface area contributed by atoms with Crippen LogP contribution in [0.25, 0.3) is 0 Å². The number of hydrogen-bond acceptors (Lipinski definition) is 9. The number of carboxylic acid groups (broad SMARTS) is 1. The summed E-state index contributed by atoms with van der Waals surface area (Å²) in [6.07, 6.45) is 0.500. The van der Waals surface area contributed by atoms with Crippen LogP contribution < -0.4 is 5.48 Å². The van der Waals surface area contributed by atoms with Crippen molar-refractivity contribution in [1.29, 1.82) is 0 Å². The van der Waals surface area contributed by atoms with Gasteiger partial charge in [0.2, 0.25) is 0 Å². The van der Waals surface area contributed by atoms with Crippen LogP contribution in [0, 0.1) is 13.8 Å². The molecule has 0 saturated carbocycles. The van der Waals surface area contributed by atoms with Gasteiger partial charge in [0, 0.05) is 28.6 Å². The molecule has 2 aromatic rings. The Morgan fingerprint density at radius 3 is 1.47 bits per heavy atom. The van der Waals surface area contributed by atoms with Gasteiger partial charge in [-0.3, -0.25) is 9.63 Å². The Bertz CT molecular complexity index is 941. The molecule has 2 N–H and O–H groups in total. The summed E-state index contributed by atoms with van der Waals surface area (Å²) < 4.78 is 1.69. The molecule has 36 heavy (non-hydrogen) atoms. The lowest BCUT2D eigenvalue weighted by molar-refractivity contribution is -0.193. The third kappa shape index (κ3) is 21.8. The van der Waals surface area contributed by atoms with E-state index in [1.807, 2.05) is 32.0 Å². The average Bonchev–Trinajstić information content (AvgIpc) is 2.78. The van der Waals surface area contributed by atoms with Crippen molar-refractivity contribution in [3.63, 3.8) is 0 Å². The molecule has 0 atom stereocenters. The number of nitrogens with one attached hydrogen (secondary N) is 1. The molecule has 0 fully saturated rings. The monoisotopic (exact) mass is 656 g/mol. The largest absolute Gasteiger partial charge is 0.478 e. The van der Waals surface area contributed by atoms with E-state index in [0.29, 0.717) is 11.1 Å². The lowest BCUT2D eigenvalue weighted by atomic mass is 10.1. The topological polar surface area (TPSA) is 156 Å². The molecule has 0 aliphatic carbocycles. The molecule has 0 unspecified atom stereocenters. The van der Waals surface area contributed by atoms with E-state index in [1.165, 1.54) is 12.2 Å². The van der Waals surface area contributed by atoms with Gasteiger partial charge in [-0.15, -0.1) is 12.4 Å². The van der Waals surface area contributed by atoms with E-state index in [2.05, 4.69) is 42.2 Å². The normalized spacial score (nSPS) is 8.11. The van der Waals surface area contributed by atoms with Crippen molar-refractivity contribution in [2.45, 2.75) is 13.8 Å². The van der Waals surface area contributed by atoms with Gasteiger partial charge in [0.05, 0.1) is 19.8 Å². The summed E-state index contributed by atoms with van der Waals surface area (Å²) in [5, 5.41) is 9.81. The molecular formula is C22H27Br2ClN2O9. The van der Waals surface area contributed by atoms with Gasteiger partial charge >= 0.3 is 18.3 Å². The molecule has 0 radical (unpaired) electrons. The standard InChI is InChI=1S/C10H12BrNO2.C8H7BrO2.C2H7NO.2CO2.ClH/c1-7-4-8(6-9(11)5-7)10(13)12(2)14-3;1-5-2-6(8(10)11)4-7(9)3-5;1-3-4-2;2*2-1-3;/h4-6H,1-3H3;2-4H,1H3,(H,10,11);3H,1-2H3;;;1H. The predicted molar refractivity (Wildman–Crippen MR) is 137 cm³/mol. The Kier molecular flexibility index (Phi) is 28.5. The Morgan fingerprint density at radius 2 is 1.19 bits per heavy atom. The highest BCUT2D eigenvalue weighted by molar-refractivity contribution is 9.10. The van der Waals surface area contributed by atoms with Crippen LogP contribution in [0.3, 0.4) is 0 Å². The average molecular weight is 659 g/mol. The summed E-state index contributed by atoms with van der Waals surface area (Å²) in [6.45, 7) is 3.80. The van der Waals surface area contributed by atoms with Crippen molar-refractivity contribution in [2.24, 2.45) is 0 Å². The van der Waals surface area contributed by atoms with Gasteiger partial charge in [-0.05, 0) is 61.4 Å². The highest BCUT2D eigenvalue weighted by atomic mass is 79.9. The van der Waals surface area contributed by atoms with Gasteiger partial charge in [0.15, 0.2) is 0 Å². The molecule has 0 heterocycles. The van der Waals surface area contributed by atoms with Gasteiger partial charge in [-0.2, -0.15) is 19.2 Å². The second kappa shape index (κ2) is 25.4. The molecule has 11 nitrogen and oxygen atoms in total. The van der Waals surface area contributed by atoms with Crippen LogP contribution >= 0.6 is 44.3 Å². The summed E-state index contributed by atoms with van der Waals surface area (Å²) >= 11 is 6.56. The van der Waals surface area contributed by atoms with E-state index in [9.17, 15) is 9.59 Å². The van der Waals surface area contributed by atoms with Crippen LogP contribution in [0.2, 0.25) is 0 Å². The number of benzene rings is 2. The first-order valence-corrected chi connectivity index (χ1v) is 10.8. The molecule has 0 saturated heterocycles. The number of nitrogens with zero attached hydrogens (tertiary/aromatic N) is 1. The minimum Gasteiger partial charge on any atom is -0.478 e. The number of hydrogen-bond donors (Lipinski definition) is 2. The maximum atomic E-state index is 11.7. The van der Waals surface area contributed by atoms with Gasteiger partial charge in [-0.1, -0.05) is 31.9 Å². The molecule has 0 bridgehead atoms. The summed E-state index contributed by atoms with van der Waals surface area (Å²) in [5.41, 5.74) is 5.34. The number of hydroxylamine groups is 3. The Morgan fingerprint density at radius 1 is 0.861 bits per heavy atom. The molecule has 0 aliphatic heterocycles. The smallest absolute Gasteiger partial charge is 0.373 e. The van der Waals surface area contributed by atoms with E-state index < -0.39 is 5.97 Å². The van der Waals surface area contributed by atoms with Crippen LogP contribution in [0.5, 0.6) is 0 Å². The fraction of sp³-hybridized carbons (Fsp3) is 0.273. The van der Waals surface area contributed by atoms with E-state index in [4.69, 9.17) is 29.1 Å². The van der Waals surface area contributed by atoms with Crippen LogP contribution in [0.15, 0.2) is 45.3 Å².